The number of aromatic nitrogens is 1. The van der Waals surface area contributed by atoms with Crippen molar-refractivity contribution in [3.8, 4) is 0 Å². The van der Waals surface area contributed by atoms with Gasteiger partial charge in [-0.05, 0) is 0 Å². The van der Waals surface area contributed by atoms with E-state index in [2.05, 4.69) is 57.3 Å². The van der Waals surface area contributed by atoms with E-state index in [0.29, 0.717) is 0 Å². The average Bonchev–Trinajstić information content (AvgIpc) is 3.11. The van der Waals surface area contributed by atoms with Crippen molar-refractivity contribution in [2.24, 2.45) is 0 Å². The molecule has 25 heavy (non-hydrogen) atoms. The summed E-state index contributed by atoms with van der Waals surface area (Å²) in [7, 11) is 0. The van der Waals surface area contributed by atoms with Crippen molar-refractivity contribution in [3.63, 3.8) is 0 Å². The van der Waals surface area contributed by atoms with E-state index in [9.17, 15) is 0 Å². The molecule has 1 aromatic heterocycles. The van der Waals surface area contributed by atoms with Gasteiger partial charge < -0.3 is 0 Å². The molecular weight excluding hydrogens is 449 g/mol. The molecule has 4 heteroatoms. The zero-order chi connectivity index (χ0) is 18.0. The molecule has 0 aliphatic heterocycles. The van der Waals surface area contributed by atoms with Gasteiger partial charge in [-0.3, -0.25) is 0 Å². The second kappa shape index (κ2) is 11.7. The molecule has 0 amide bonds. The molecule has 1 nitrogen and oxygen atoms in total. The second-order valence-electron chi connectivity index (χ2n) is 7.00. The van der Waals surface area contributed by atoms with Crippen molar-refractivity contribution in [2.45, 2.75) is 81.8 Å². The number of unbranched alkanes of at least 4 members (excludes halogenated alkanes) is 3. The molecule has 1 aromatic carbocycles. The molecule has 1 heterocycles. The Morgan fingerprint density at radius 3 is 1.96 bits per heavy atom. The van der Waals surface area contributed by atoms with Gasteiger partial charge in [0.15, 0.2) is 0 Å². The molecule has 0 bridgehead atoms. The van der Waals surface area contributed by atoms with Gasteiger partial charge in [0, 0.05) is 0 Å². The molecule has 0 aliphatic rings. The molecule has 0 saturated heterocycles. The van der Waals surface area contributed by atoms with Crippen molar-refractivity contribution in [1.82, 2.24) is 4.98 Å². The topological polar surface area (TPSA) is 12.9 Å². The van der Waals surface area contributed by atoms with Crippen LogP contribution in [0.25, 0.3) is 0 Å². The third kappa shape index (κ3) is 6.58. The van der Waals surface area contributed by atoms with E-state index in [0.717, 1.165) is 0 Å². The van der Waals surface area contributed by atoms with Crippen molar-refractivity contribution < 1.29 is 0 Å². The van der Waals surface area contributed by atoms with Gasteiger partial charge in [-0.2, -0.15) is 0 Å². The molecule has 0 unspecified atom stereocenters. The predicted octanol–water partition coefficient (Wildman–Crippen LogP) is 7.35. The maximum absolute atomic E-state index is 4.84. The number of rotatable bonds is 12. The van der Waals surface area contributed by atoms with Gasteiger partial charge in [0.25, 0.3) is 0 Å². The third-order valence-electron chi connectivity index (χ3n) is 4.98. The summed E-state index contributed by atoms with van der Waals surface area (Å²) in [5, 5.41) is 0. The summed E-state index contributed by atoms with van der Waals surface area (Å²) >= 11 is 1.59. The fraction of sp³-hybridized carbons (Fsp3) is 0.571. The summed E-state index contributed by atoms with van der Waals surface area (Å²) < 4.78 is 7.57. The van der Waals surface area contributed by atoms with Crippen LogP contribution in [-0.2, 0) is 0 Å². The van der Waals surface area contributed by atoms with Crippen molar-refractivity contribution in [3.05, 3.63) is 36.5 Å². The van der Waals surface area contributed by atoms with Crippen molar-refractivity contribution in [2.75, 3.05) is 0 Å². The Bertz CT molecular complexity index is 575. The molecule has 0 N–H and O–H groups in total. The fourth-order valence-electron chi connectivity index (χ4n) is 3.43. The van der Waals surface area contributed by atoms with Crippen LogP contribution in [0.2, 0.25) is 13.3 Å². The van der Waals surface area contributed by atoms with Crippen LogP contribution in [0.15, 0.2) is 45.8 Å². The summed E-state index contributed by atoms with van der Waals surface area (Å²) in [5.41, 5.74) is 0. The number of hydrogen-bond acceptors (Lipinski definition) is 3. The quantitative estimate of drug-likeness (QED) is 0.294. The molecule has 2 aromatic rings. The summed E-state index contributed by atoms with van der Waals surface area (Å²) in [6.07, 6.45) is 10.5. The van der Waals surface area contributed by atoms with Gasteiger partial charge in [-0.15, -0.1) is 0 Å². The number of nitrogens with zero attached hydrogens (tertiary/aromatic N) is 1. The monoisotopic (exact) mass is 483 g/mol. The first-order valence-corrected chi connectivity index (χ1v) is 19.0. The van der Waals surface area contributed by atoms with Crippen LogP contribution in [0.1, 0.15) is 59.3 Å². The van der Waals surface area contributed by atoms with Crippen molar-refractivity contribution in [1.29, 1.82) is 0 Å². The van der Waals surface area contributed by atoms with E-state index in [1.807, 2.05) is 23.1 Å². The first-order valence-electron chi connectivity index (χ1n) is 9.93. The van der Waals surface area contributed by atoms with Crippen LogP contribution >= 0.6 is 23.1 Å². The van der Waals surface area contributed by atoms with E-state index < -0.39 is 18.4 Å². The Morgan fingerprint density at radius 1 is 0.880 bits per heavy atom. The molecule has 0 fully saturated rings. The Kier molecular flexibility index (Phi) is 9.93. The predicted molar refractivity (Wildman–Crippen MR) is 117 cm³/mol. The zero-order valence-corrected chi connectivity index (χ0v) is 20.6. The Morgan fingerprint density at radius 2 is 1.44 bits per heavy atom. The summed E-state index contributed by atoms with van der Waals surface area (Å²) in [6.45, 7) is 7.04. The van der Waals surface area contributed by atoms with Gasteiger partial charge in [0.2, 0.25) is 0 Å². The summed E-state index contributed by atoms with van der Waals surface area (Å²) in [6, 6.07) is 10.7. The van der Waals surface area contributed by atoms with E-state index in [4.69, 9.17) is 4.98 Å². The van der Waals surface area contributed by atoms with Crippen LogP contribution in [0.4, 0.5) is 0 Å². The minimum absolute atomic E-state index is 1.24. The standard InChI is InChI=1S/C9H6NS2.3C4H9.Sn/c1-2-4-8(5-3-1)12-9-10-6-7-11-9;3*1-3-4-2;/h1-6H;3*1,3-4H2,2H3;. The van der Waals surface area contributed by atoms with Crippen LogP contribution in [0.5, 0.6) is 0 Å². The normalized spacial score (nSPS) is 11.8. The Hall–Kier alpha value is -0.00130. The van der Waals surface area contributed by atoms with Crippen LogP contribution in [-0.4, -0.2) is 23.4 Å². The number of thiazole rings is 1. The van der Waals surface area contributed by atoms with Crippen LogP contribution in [0.3, 0.4) is 0 Å². The van der Waals surface area contributed by atoms with Gasteiger partial charge >= 0.3 is 168 Å². The molecule has 0 saturated carbocycles. The van der Waals surface area contributed by atoms with E-state index in [1.54, 1.807) is 2.89 Å². The average molecular weight is 482 g/mol. The second-order valence-corrected chi connectivity index (χ2v) is 23.5. The molecule has 138 valence electrons. The van der Waals surface area contributed by atoms with Crippen LogP contribution in [0, 0.1) is 0 Å². The molecule has 0 aliphatic carbocycles. The molecular formula is C21H33NS2Sn. The first kappa shape index (κ1) is 21.3. The molecule has 0 radical (unpaired) electrons. The zero-order valence-electron chi connectivity index (χ0n) is 16.1. The number of hydrogen-bond donors (Lipinski definition) is 0. The molecule has 0 spiro atoms. The van der Waals surface area contributed by atoms with Gasteiger partial charge in [-0.25, -0.2) is 0 Å². The van der Waals surface area contributed by atoms with Gasteiger partial charge in [-0.1, -0.05) is 0 Å². The Labute approximate surface area is 166 Å². The minimum atomic E-state index is -2.28. The maximum atomic E-state index is 4.84. The van der Waals surface area contributed by atoms with Crippen molar-refractivity contribution >= 4 is 44.4 Å². The van der Waals surface area contributed by atoms with E-state index in [1.165, 1.54) is 61.1 Å². The summed E-state index contributed by atoms with van der Waals surface area (Å²) in [5.74, 6) is 0. The van der Waals surface area contributed by atoms with E-state index in [-0.39, 0.29) is 0 Å². The fourth-order valence-corrected chi connectivity index (χ4v) is 24.8. The third-order valence-corrected chi connectivity index (χ3v) is 25.2. The first-order chi connectivity index (χ1) is 12.2. The van der Waals surface area contributed by atoms with Crippen LogP contribution < -0.4 is 2.89 Å². The summed E-state index contributed by atoms with van der Waals surface area (Å²) in [4.78, 5) is 6.14. The SMILES string of the molecule is CCC[CH2][Sn]([CH2]CCC)([CH2]CCC)[c]1cnc(Sc2ccccc2)s1. The van der Waals surface area contributed by atoms with Gasteiger partial charge in [0.05, 0.1) is 0 Å². The molecule has 2 rings (SSSR count). The number of benzene rings is 1. The van der Waals surface area contributed by atoms with E-state index >= 15 is 0 Å². The molecule has 0 atom stereocenters. The van der Waals surface area contributed by atoms with Gasteiger partial charge in [0.1, 0.15) is 0 Å². The Balaban J connectivity index is 2.22.